The van der Waals surface area contributed by atoms with Gasteiger partial charge in [-0.05, 0) is 28.1 Å². The monoisotopic (exact) mass is 344 g/mol. The quantitative estimate of drug-likeness (QED) is 0.890. The molecule has 0 aliphatic rings. The number of carboxylic acids is 1. The average Bonchev–Trinajstić information content (AvgIpc) is 2.87. The Labute approximate surface area is 121 Å². The van der Waals surface area contributed by atoms with Crippen LogP contribution in [0.15, 0.2) is 16.6 Å². The van der Waals surface area contributed by atoms with Crippen molar-refractivity contribution in [1.29, 1.82) is 0 Å². The third kappa shape index (κ3) is 2.34. The second kappa shape index (κ2) is 5.49. The average molecular weight is 345 g/mol. The SMILES string of the molecule is COc1c(F)cc(Br)c(-c2cc(C(=O)O)[nH]n2)c1OC. The summed E-state index contributed by atoms with van der Waals surface area (Å²) in [5, 5.41) is 15.1. The number of rotatable bonds is 4. The number of aromatic nitrogens is 2. The lowest BCUT2D eigenvalue weighted by Crippen LogP contribution is -1.97. The Kier molecular flexibility index (Phi) is 3.93. The van der Waals surface area contributed by atoms with Gasteiger partial charge in [0.1, 0.15) is 5.69 Å². The standard InChI is InChI=1S/C12H10BrFN2O4/c1-19-10-6(14)3-5(13)9(11(10)20-2)7-4-8(12(17)18)16-15-7/h3-4H,1-2H3,(H,15,16)(H,17,18). The molecule has 0 amide bonds. The highest BCUT2D eigenvalue weighted by Gasteiger charge is 2.22. The van der Waals surface area contributed by atoms with Crippen molar-refractivity contribution in [1.82, 2.24) is 10.2 Å². The number of nitrogens with one attached hydrogen (secondary N) is 1. The largest absolute Gasteiger partial charge is 0.492 e. The van der Waals surface area contributed by atoms with Crippen LogP contribution in [0, 0.1) is 5.82 Å². The highest BCUT2D eigenvalue weighted by Crippen LogP contribution is 2.44. The maximum absolute atomic E-state index is 13.8. The minimum absolute atomic E-state index is 0.0782. The number of H-pyrrole nitrogens is 1. The summed E-state index contributed by atoms with van der Waals surface area (Å²) in [6.45, 7) is 0. The molecular formula is C12H10BrFN2O4. The van der Waals surface area contributed by atoms with Crippen molar-refractivity contribution >= 4 is 21.9 Å². The van der Waals surface area contributed by atoms with Gasteiger partial charge in [0.05, 0.1) is 25.5 Å². The number of halogens is 2. The molecule has 20 heavy (non-hydrogen) atoms. The molecule has 0 atom stereocenters. The fourth-order valence-corrected chi connectivity index (χ4v) is 2.35. The van der Waals surface area contributed by atoms with Crippen LogP contribution >= 0.6 is 15.9 Å². The van der Waals surface area contributed by atoms with E-state index in [2.05, 4.69) is 26.1 Å². The lowest BCUT2D eigenvalue weighted by Gasteiger charge is -2.13. The molecular weight excluding hydrogens is 335 g/mol. The molecule has 2 aromatic rings. The summed E-state index contributed by atoms with van der Waals surface area (Å²) in [5.41, 5.74) is 0.608. The first-order chi connectivity index (χ1) is 9.49. The number of aromatic carboxylic acids is 1. The Morgan fingerprint density at radius 2 is 2.00 bits per heavy atom. The van der Waals surface area contributed by atoms with Gasteiger partial charge in [-0.15, -0.1) is 0 Å². The van der Waals surface area contributed by atoms with Crippen molar-refractivity contribution in [3.63, 3.8) is 0 Å². The van der Waals surface area contributed by atoms with Crippen LogP contribution in [0.2, 0.25) is 0 Å². The van der Waals surface area contributed by atoms with Crippen LogP contribution in [0.25, 0.3) is 11.3 Å². The van der Waals surface area contributed by atoms with Gasteiger partial charge in [0.25, 0.3) is 0 Å². The lowest BCUT2D eigenvalue weighted by molar-refractivity contribution is 0.0690. The molecule has 0 saturated carbocycles. The van der Waals surface area contributed by atoms with Crippen molar-refractivity contribution in [2.75, 3.05) is 14.2 Å². The van der Waals surface area contributed by atoms with Crippen LogP contribution in [-0.2, 0) is 0 Å². The van der Waals surface area contributed by atoms with Crippen molar-refractivity contribution in [3.8, 4) is 22.8 Å². The minimum Gasteiger partial charge on any atom is -0.492 e. The van der Waals surface area contributed by atoms with Gasteiger partial charge >= 0.3 is 5.97 Å². The third-order valence-corrected chi connectivity index (χ3v) is 3.24. The summed E-state index contributed by atoms with van der Waals surface area (Å²) in [7, 11) is 2.67. The molecule has 1 aromatic carbocycles. The summed E-state index contributed by atoms with van der Waals surface area (Å²) < 4.78 is 24.3. The predicted octanol–water partition coefficient (Wildman–Crippen LogP) is 2.69. The number of ether oxygens (including phenoxy) is 2. The lowest BCUT2D eigenvalue weighted by atomic mass is 10.1. The van der Waals surface area contributed by atoms with Crippen molar-refractivity contribution < 1.29 is 23.8 Å². The molecule has 2 N–H and O–H groups in total. The van der Waals surface area contributed by atoms with E-state index in [-0.39, 0.29) is 17.2 Å². The Bertz CT molecular complexity index is 672. The highest BCUT2D eigenvalue weighted by molar-refractivity contribution is 9.10. The number of benzene rings is 1. The van der Waals surface area contributed by atoms with Gasteiger partial charge in [-0.2, -0.15) is 5.10 Å². The number of carbonyl (C=O) groups is 1. The zero-order valence-corrected chi connectivity index (χ0v) is 12.1. The molecule has 0 bridgehead atoms. The molecule has 0 spiro atoms. The summed E-state index contributed by atoms with van der Waals surface area (Å²) in [5.74, 6) is -1.70. The van der Waals surface area contributed by atoms with Gasteiger partial charge in [0.2, 0.25) is 0 Å². The highest BCUT2D eigenvalue weighted by atomic mass is 79.9. The van der Waals surface area contributed by atoms with Gasteiger partial charge in [-0.3, -0.25) is 5.10 Å². The summed E-state index contributed by atoms with van der Waals surface area (Å²) in [6, 6.07) is 2.52. The van der Waals surface area contributed by atoms with Crippen LogP contribution in [-0.4, -0.2) is 35.5 Å². The van der Waals surface area contributed by atoms with E-state index >= 15 is 0 Å². The minimum atomic E-state index is -1.15. The van der Waals surface area contributed by atoms with E-state index in [4.69, 9.17) is 14.6 Å². The molecule has 0 unspecified atom stereocenters. The smallest absolute Gasteiger partial charge is 0.353 e. The Balaban J connectivity index is 2.68. The van der Waals surface area contributed by atoms with Crippen molar-refractivity contribution in [2.24, 2.45) is 0 Å². The number of hydrogen-bond donors (Lipinski definition) is 2. The van der Waals surface area contributed by atoms with Crippen LogP contribution < -0.4 is 9.47 Å². The van der Waals surface area contributed by atoms with E-state index in [1.807, 2.05) is 0 Å². The maximum Gasteiger partial charge on any atom is 0.353 e. The predicted molar refractivity (Wildman–Crippen MR) is 71.7 cm³/mol. The topological polar surface area (TPSA) is 84.4 Å². The molecule has 1 heterocycles. The number of methoxy groups -OCH3 is 2. The molecule has 2 rings (SSSR count). The molecule has 0 radical (unpaired) electrons. The first-order valence-corrected chi connectivity index (χ1v) is 6.18. The molecule has 0 aliphatic carbocycles. The summed E-state index contributed by atoms with van der Waals surface area (Å²) >= 11 is 3.21. The first-order valence-electron chi connectivity index (χ1n) is 5.38. The van der Waals surface area contributed by atoms with E-state index in [0.29, 0.717) is 15.7 Å². The van der Waals surface area contributed by atoms with Crippen LogP contribution in [0.1, 0.15) is 10.5 Å². The number of nitrogens with zero attached hydrogens (tertiary/aromatic N) is 1. The van der Waals surface area contributed by atoms with E-state index in [1.54, 1.807) is 0 Å². The summed E-state index contributed by atoms with van der Waals surface area (Å²) in [4.78, 5) is 10.9. The fourth-order valence-electron chi connectivity index (χ4n) is 1.76. The van der Waals surface area contributed by atoms with Crippen LogP contribution in [0.5, 0.6) is 11.5 Å². The van der Waals surface area contributed by atoms with Gasteiger partial charge in [-0.1, -0.05) is 0 Å². The number of hydrogen-bond acceptors (Lipinski definition) is 4. The number of aromatic amines is 1. The third-order valence-electron chi connectivity index (χ3n) is 2.62. The molecule has 8 heteroatoms. The molecule has 106 valence electrons. The van der Waals surface area contributed by atoms with Crippen molar-refractivity contribution in [3.05, 3.63) is 28.1 Å². The first kappa shape index (κ1) is 14.3. The zero-order valence-electron chi connectivity index (χ0n) is 10.5. The Morgan fingerprint density at radius 1 is 1.35 bits per heavy atom. The van der Waals surface area contributed by atoms with Crippen LogP contribution in [0.4, 0.5) is 4.39 Å². The zero-order chi connectivity index (χ0) is 14.9. The molecule has 0 aliphatic heterocycles. The number of carboxylic acid groups (broad SMARTS) is 1. The fraction of sp³-hybridized carbons (Fsp3) is 0.167. The molecule has 6 nitrogen and oxygen atoms in total. The van der Waals surface area contributed by atoms with Gasteiger partial charge in [0.15, 0.2) is 17.3 Å². The summed E-state index contributed by atoms with van der Waals surface area (Å²) in [6.07, 6.45) is 0. The molecule has 0 saturated heterocycles. The van der Waals surface area contributed by atoms with Crippen molar-refractivity contribution in [2.45, 2.75) is 0 Å². The Morgan fingerprint density at radius 3 is 2.50 bits per heavy atom. The maximum atomic E-state index is 13.8. The normalized spacial score (nSPS) is 10.4. The van der Waals surface area contributed by atoms with Gasteiger partial charge in [0, 0.05) is 4.47 Å². The molecule has 1 aromatic heterocycles. The molecule has 0 fully saturated rings. The Hall–Kier alpha value is -2.09. The van der Waals surface area contributed by atoms with E-state index in [1.165, 1.54) is 26.4 Å². The van der Waals surface area contributed by atoms with Crippen LogP contribution in [0.3, 0.4) is 0 Å². The second-order valence-corrected chi connectivity index (χ2v) is 4.61. The van der Waals surface area contributed by atoms with E-state index < -0.39 is 11.8 Å². The van der Waals surface area contributed by atoms with E-state index in [0.717, 1.165) is 0 Å². The van der Waals surface area contributed by atoms with E-state index in [9.17, 15) is 9.18 Å². The van der Waals surface area contributed by atoms with Gasteiger partial charge < -0.3 is 14.6 Å². The van der Waals surface area contributed by atoms with Gasteiger partial charge in [-0.25, -0.2) is 9.18 Å². The second-order valence-electron chi connectivity index (χ2n) is 3.75.